The van der Waals surface area contributed by atoms with Crippen LogP contribution in [0.5, 0.6) is 11.5 Å². The van der Waals surface area contributed by atoms with Crippen molar-refractivity contribution in [2.75, 3.05) is 27.2 Å². The van der Waals surface area contributed by atoms with Crippen molar-refractivity contribution < 1.29 is 19.4 Å². The van der Waals surface area contributed by atoms with Gasteiger partial charge in [0.2, 0.25) is 5.91 Å². The molecule has 0 aliphatic rings. The molecular weight excluding hydrogens is 248 g/mol. The maximum Gasteiger partial charge on any atom is 0.258 e. The number of benzene rings is 1. The second-order valence-electron chi connectivity index (χ2n) is 3.85. The van der Waals surface area contributed by atoms with Crippen LogP contribution in [0.15, 0.2) is 18.2 Å². The number of hydrogen-bond donors (Lipinski definition) is 2. The van der Waals surface area contributed by atoms with E-state index >= 15 is 0 Å². The van der Waals surface area contributed by atoms with E-state index in [4.69, 9.17) is 4.74 Å². The Kier molecular flexibility index (Phi) is 5.17. The van der Waals surface area contributed by atoms with Gasteiger partial charge in [-0.25, -0.2) is 0 Å². The normalized spacial score (nSPS) is 9.84. The average molecular weight is 266 g/mol. The zero-order valence-electron chi connectivity index (χ0n) is 11.3. The fourth-order valence-corrected chi connectivity index (χ4v) is 1.61. The molecule has 0 unspecified atom stereocenters. The number of amides is 2. The van der Waals surface area contributed by atoms with Crippen LogP contribution in [-0.2, 0) is 4.79 Å². The van der Waals surface area contributed by atoms with Crippen molar-refractivity contribution >= 4 is 11.8 Å². The summed E-state index contributed by atoms with van der Waals surface area (Å²) in [4.78, 5) is 24.9. The summed E-state index contributed by atoms with van der Waals surface area (Å²) in [5.41, 5.74) is 0.116. The van der Waals surface area contributed by atoms with Crippen molar-refractivity contribution in [3.63, 3.8) is 0 Å². The standard InChI is InChI=1S/C13H18N2O4/c1-4-15(8-11(16)14-2)13(18)9-6-5-7-10(19-3)12(9)17/h5-7,17H,4,8H2,1-3H3,(H,14,16). The molecule has 104 valence electrons. The summed E-state index contributed by atoms with van der Waals surface area (Å²) >= 11 is 0. The second kappa shape index (κ2) is 6.63. The van der Waals surface area contributed by atoms with Crippen LogP contribution >= 0.6 is 0 Å². The Bertz CT molecular complexity index is 474. The highest BCUT2D eigenvalue weighted by molar-refractivity contribution is 5.99. The number of ether oxygens (including phenoxy) is 1. The molecule has 0 radical (unpaired) electrons. The highest BCUT2D eigenvalue weighted by atomic mass is 16.5. The molecule has 0 aliphatic heterocycles. The van der Waals surface area contributed by atoms with E-state index < -0.39 is 5.91 Å². The molecule has 6 nitrogen and oxygen atoms in total. The Hall–Kier alpha value is -2.24. The largest absolute Gasteiger partial charge is 0.504 e. The van der Waals surface area contributed by atoms with Gasteiger partial charge in [-0.1, -0.05) is 6.07 Å². The number of aromatic hydroxyl groups is 1. The van der Waals surface area contributed by atoms with Gasteiger partial charge in [-0.15, -0.1) is 0 Å². The van der Waals surface area contributed by atoms with Crippen LogP contribution in [0.4, 0.5) is 0 Å². The minimum atomic E-state index is -0.414. The van der Waals surface area contributed by atoms with E-state index in [2.05, 4.69) is 5.32 Å². The lowest BCUT2D eigenvalue weighted by Crippen LogP contribution is -2.39. The highest BCUT2D eigenvalue weighted by Crippen LogP contribution is 2.30. The van der Waals surface area contributed by atoms with E-state index in [-0.39, 0.29) is 29.5 Å². The van der Waals surface area contributed by atoms with Crippen LogP contribution < -0.4 is 10.1 Å². The smallest absolute Gasteiger partial charge is 0.258 e. The Balaban J connectivity index is 3.01. The van der Waals surface area contributed by atoms with Gasteiger partial charge in [0.15, 0.2) is 11.5 Å². The molecule has 0 aromatic heterocycles. The average Bonchev–Trinajstić information content (AvgIpc) is 2.44. The highest BCUT2D eigenvalue weighted by Gasteiger charge is 2.21. The summed E-state index contributed by atoms with van der Waals surface area (Å²) in [6.07, 6.45) is 0. The number of phenols is 1. The van der Waals surface area contributed by atoms with E-state index in [0.717, 1.165) is 0 Å². The fourth-order valence-electron chi connectivity index (χ4n) is 1.61. The maximum absolute atomic E-state index is 12.2. The first-order valence-electron chi connectivity index (χ1n) is 5.90. The van der Waals surface area contributed by atoms with Gasteiger partial charge in [-0.3, -0.25) is 9.59 Å². The topological polar surface area (TPSA) is 78.9 Å². The second-order valence-corrected chi connectivity index (χ2v) is 3.85. The monoisotopic (exact) mass is 266 g/mol. The van der Waals surface area contributed by atoms with Crippen LogP contribution in [0.1, 0.15) is 17.3 Å². The van der Waals surface area contributed by atoms with Gasteiger partial charge < -0.3 is 20.1 Å². The quantitative estimate of drug-likeness (QED) is 0.818. The molecule has 19 heavy (non-hydrogen) atoms. The number of carbonyl (C=O) groups is 2. The summed E-state index contributed by atoms with van der Waals surface area (Å²) < 4.78 is 4.95. The van der Waals surface area contributed by atoms with Gasteiger partial charge in [0, 0.05) is 13.6 Å². The molecule has 0 fully saturated rings. The molecule has 1 aromatic rings. The Morgan fingerprint density at radius 1 is 1.42 bits per heavy atom. The number of nitrogens with zero attached hydrogens (tertiary/aromatic N) is 1. The van der Waals surface area contributed by atoms with Crippen molar-refractivity contribution in [1.29, 1.82) is 0 Å². The lowest BCUT2D eigenvalue weighted by Gasteiger charge is -2.20. The number of nitrogens with one attached hydrogen (secondary N) is 1. The van der Waals surface area contributed by atoms with Gasteiger partial charge in [-0.05, 0) is 19.1 Å². The third-order valence-corrected chi connectivity index (χ3v) is 2.73. The summed E-state index contributed by atoms with van der Waals surface area (Å²) in [6.45, 7) is 2.07. The third-order valence-electron chi connectivity index (χ3n) is 2.73. The number of hydrogen-bond acceptors (Lipinski definition) is 4. The van der Waals surface area contributed by atoms with Crippen molar-refractivity contribution in [1.82, 2.24) is 10.2 Å². The van der Waals surface area contributed by atoms with Crippen molar-refractivity contribution in [2.45, 2.75) is 6.92 Å². The lowest BCUT2D eigenvalue weighted by atomic mass is 10.1. The van der Waals surface area contributed by atoms with Crippen LogP contribution in [0.25, 0.3) is 0 Å². The Morgan fingerprint density at radius 3 is 2.63 bits per heavy atom. The predicted octanol–water partition coefficient (Wildman–Crippen LogP) is 0.609. The minimum absolute atomic E-state index is 0.0531. The van der Waals surface area contributed by atoms with Crippen LogP contribution in [-0.4, -0.2) is 49.1 Å². The first kappa shape index (κ1) is 14.8. The van der Waals surface area contributed by atoms with Crippen LogP contribution in [0.3, 0.4) is 0 Å². The van der Waals surface area contributed by atoms with Gasteiger partial charge in [0.05, 0.1) is 19.2 Å². The molecular formula is C13H18N2O4. The zero-order valence-corrected chi connectivity index (χ0v) is 11.3. The van der Waals surface area contributed by atoms with E-state index in [9.17, 15) is 14.7 Å². The third kappa shape index (κ3) is 3.37. The number of phenolic OH excluding ortho intramolecular Hbond substituents is 1. The molecule has 0 bridgehead atoms. The molecule has 6 heteroatoms. The van der Waals surface area contributed by atoms with Gasteiger partial charge >= 0.3 is 0 Å². The lowest BCUT2D eigenvalue weighted by molar-refractivity contribution is -0.121. The van der Waals surface area contributed by atoms with Crippen molar-refractivity contribution in [3.05, 3.63) is 23.8 Å². The number of rotatable bonds is 5. The minimum Gasteiger partial charge on any atom is -0.504 e. The van der Waals surface area contributed by atoms with Crippen LogP contribution in [0.2, 0.25) is 0 Å². The van der Waals surface area contributed by atoms with E-state index in [1.54, 1.807) is 19.1 Å². The summed E-state index contributed by atoms with van der Waals surface area (Å²) in [7, 11) is 2.91. The molecule has 0 aliphatic carbocycles. The molecule has 0 saturated heterocycles. The van der Waals surface area contributed by atoms with Crippen molar-refractivity contribution in [3.8, 4) is 11.5 Å². The fraction of sp³-hybridized carbons (Fsp3) is 0.385. The predicted molar refractivity (Wildman–Crippen MR) is 70.3 cm³/mol. The van der Waals surface area contributed by atoms with E-state index in [0.29, 0.717) is 6.54 Å². The molecule has 0 heterocycles. The zero-order chi connectivity index (χ0) is 14.4. The van der Waals surface area contributed by atoms with Gasteiger partial charge in [0.25, 0.3) is 5.91 Å². The van der Waals surface area contributed by atoms with E-state index in [1.807, 2.05) is 0 Å². The Labute approximate surface area is 112 Å². The summed E-state index contributed by atoms with van der Waals surface area (Å²) in [5, 5.41) is 12.4. The SMILES string of the molecule is CCN(CC(=O)NC)C(=O)c1cccc(OC)c1O. The molecule has 1 aromatic carbocycles. The first-order chi connectivity index (χ1) is 9.04. The van der Waals surface area contributed by atoms with E-state index in [1.165, 1.54) is 25.1 Å². The molecule has 0 atom stereocenters. The maximum atomic E-state index is 12.2. The molecule has 2 amide bonds. The number of likely N-dealkylation sites (N-methyl/N-ethyl adjacent to an activating group) is 2. The number of para-hydroxylation sites is 1. The summed E-state index contributed by atoms with van der Waals surface area (Å²) in [5.74, 6) is -0.674. The van der Waals surface area contributed by atoms with Gasteiger partial charge in [-0.2, -0.15) is 0 Å². The van der Waals surface area contributed by atoms with Gasteiger partial charge in [0.1, 0.15) is 0 Å². The first-order valence-corrected chi connectivity index (χ1v) is 5.90. The Morgan fingerprint density at radius 2 is 2.11 bits per heavy atom. The number of carbonyl (C=O) groups excluding carboxylic acids is 2. The molecule has 1 rings (SSSR count). The van der Waals surface area contributed by atoms with Crippen LogP contribution in [0, 0.1) is 0 Å². The molecule has 0 spiro atoms. The number of methoxy groups -OCH3 is 1. The van der Waals surface area contributed by atoms with Crippen molar-refractivity contribution in [2.24, 2.45) is 0 Å². The molecule has 0 saturated carbocycles. The summed E-state index contributed by atoms with van der Waals surface area (Å²) in [6, 6.07) is 4.66. The molecule has 2 N–H and O–H groups in total.